The minimum Gasteiger partial charge on any atom is -0.462 e. The van der Waals surface area contributed by atoms with E-state index in [0.29, 0.717) is 25.7 Å². The highest BCUT2D eigenvalue weighted by Gasteiger charge is 2.30. The maximum atomic E-state index is 13.0. The maximum absolute atomic E-state index is 13.0. The number of esters is 4. The molecular weight excluding hydrogens is 1160 g/mol. The Morgan fingerprint density at radius 2 is 0.580 bits per heavy atom. The van der Waals surface area contributed by atoms with Crippen molar-refractivity contribution in [2.24, 2.45) is 11.8 Å². The Kier molecular flexibility index (Phi) is 59.9. The summed E-state index contributed by atoms with van der Waals surface area (Å²) in [7, 11) is -9.89. The molecule has 0 saturated carbocycles. The molecule has 0 saturated heterocycles. The highest BCUT2D eigenvalue weighted by atomic mass is 31.2. The molecule has 0 aliphatic carbocycles. The van der Waals surface area contributed by atoms with Crippen LogP contribution in [0.4, 0.5) is 0 Å². The lowest BCUT2D eigenvalue weighted by Crippen LogP contribution is -2.30. The van der Waals surface area contributed by atoms with Crippen LogP contribution in [0.25, 0.3) is 0 Å². The van der Waals surface area contributed by atoms with Gasteiger partial charge in [0.05, 0.1) is 26.4 Å². The molecule has 0 fully saturated rings. The van der Waals surface area contributed by atoms with Crippen molar-refractivity contribution in [2.45, 2.75) is 368 Å². The summed E-state index contributed by atoms with van der Waals surface area (Å²) < 4.78 is 68.2. The van der Waals surface area contributed by atoms with E-state index in [2.05, 4.69) is 41.5 Å². The van der Waals surface area contributed by atoms with Crippen LogP contribution in [0.3, 0.4) is 0 Å². The number of carbonyl (C=O) groups excluding carboxylic acids is 4. The number of carbonyl (C=O) groups is 4. The van der Waals surface area contributed by atoms with E-state index in [9.17, 15) is 43.2 Å². The summed E-state index contributed by atoms with van der Waals surface area (Å²) in [5, 5.41) is 10.6. The van der Waals surface area contributed by atoms with Gasteiger partial charge >= 0.3 is 39.5 Å². The molecule has 0 aromatic heterocycles. The van der Waals surface area contributed by atoms with Gasteiger partial charge in [0.1, 0.15) is 19.3 Å². The van der Waals surface area contributed by atoms with E-state index >= 15 is 0 Å². The minimum absolute atomic E-state index is 0.106. The molecule has 0 aromatic rings. The van der Waals surface area contributed by atoms with E-state index in [1.54, 1.807) is 0 Å². The van der Waals surface area contributed by atoms with Gasteiger partial charge in [-0.15, -0.1) is 0 Å². The summed E-state index contributed by atoms with van der Waals surface area (Å²) in [6.07, 6.45) is 45.7. The number of ether oxygens (including phenoxy) is 4. The third-order valence-corrected chi connectivity index (χ3v) is 18.2. The van der Waals surface area contributed by atoms with Crippen LogP contribution in [0.1, 0.15) is 350 Å². The van der Waals surface area contributed by atoms with Crippen molar-refractivity contribution >= 4 is 39.5 Å². The van der Waals surface area contributed by atoms with Crippen molar-refractivity contribution in [3.63, 3.8) is 0 Å². The van der Waals surface area contributed by atoms with Gasteiger partial charge in [0.2, 0.25) is 0 Å². The van der Waals surface area contributed by atoms with Crippen molar-refractivity contribution in [3.8, 4) is 0 Å². The number of aliphatic hydroxyl groups is 1. The average Bonchev–Trinajstić information content (AvgIpc) is 3.64. The second-order valence-electron chi connectivity index (χ2n) is 25.6. The Hall–Kier alpha value is -1.94. The van der Waals surface area contributed by atoms with Crippen LogP contribution in [0.5, 0.6) is 0 Å². The third kappa shape index (κ3) is 61.6. The lowest BCUT2D eigenvalue weighted by atomic mass is 9.99. The number of unbranched alkanes of at least 4 members (excludes halogenated alkanes) is 37. The number of rotatable bonds is 68. The second-order valence-corrected chi connectivity index (χ2v) is 28.5. The molecule has 0 heterocycles. The summed E-state index contributed by atoms with van der Waals surface area (Å²) in [5.74, 6) is -0.552. The Morgan fingerprint density at radius 1 is 0.330 bits per heavy atom. The standard InChI is InChI=1S/C69H134O17P2/c1-7-10-12-14-16-18-19-22-29-35-41-47-53-68(73)85-64(57-79-66(71)51-45-39-33-17-15-13-11-8-2)59-83-87(75,76)81-55-63(70)56-82-88(77,78)84-60-65(86-69(74)54-48-42-36-30-23-20-21-26-31-37-43-49-61(4)5)58-80-67(72)52-46-40-34-28-25-24-27-32-38-44-50-62(6)9-3/h61-65,70H,7-60H2,1-6H3,(H,75,76)(H,77,78)/t62?,63-,64+,65+/m0/s1. The van der Waals surface area contributed by atoms with Crippen LogP contribution < -0.4 is 0 Å². The zero-order valence-corrected chi connectivity index (χ0v) is 58.8. The van der Waals surface area contributed by atoms with Gasteiger partial charge in [0.25, 0.3) is 0 Å². The van der Waals surface area contributed by atoms with Crippen LogP contribution in [-0.2, 0) is 65.4 Å². The quantitative estimate of drug-likeness (QED) is 0.0222. The van der Waals surface area contributed by atoms with Crippen LogP contribution >= 0.6 is 15.6 Å². The molecule has 0 aliphatic rings. The lowest BCUT2D eigenvalue weighted by Gasteiger charge is -2.21. The van der Waals surface area contributed by atoms with Crippen LogP contribution in [0, 0.1) is 11.8 Å². The molecule has 19 heteroatoms. The fourth-order valence-electron chi connectivity index (χ4n) is 10.4. The largest absolute Gasteiger partial charge is 0.472 e. The minimum atomic E-state index is -4.95. The molecule has 0 aromatic carbocycles. The van der Waals surface area contributed by atoms with E-state index in [4.69, 9.17) is 37.0 Å². The molecule has 88 heavy (non-hydrogen) atoms. The number of hydrogen-bond donors (Lipinski definition) is 3. The van der Waals surface area contributed by atoms with E-state index in [1.807, 2.05) is 0 Å². The zero-order valence-electron chi connectivity index (χ0n) is 57.0. The van der Waals surface area contributed by atoms with Gasteiger partial charge in [-0.05, 0) is 37.5 Å². The van der Waals surface area contributed by atoms with E-state index in [1.165, 1.54) is 161 Å². The molecule has 3 N–H and O–H groups in total. The SMILES string of the molecule is CCCCCCCCCCCCCCC(=O)O[C@H](COC(=O)CCCCCCCCCC)COP(=O)(O)OC[C@H](O)COP(=O)(O)OC[C@@H](COC(=O)CCCCCCCCCCCCC(C)CC)OC(=O)CCCCCCCCCCCCCC(C)C. The first-order valence-corrected chi connectivity index (χ1v) is 39.0. The van der Waals surface area contributed by atoms with Crippen LogP contribution in [-0.4, -0.2) is 96.7 Å². The summed E-state index contributed by atoms with van der Waals surface area (Å²) in [5.41, 5.74) is 0. The molecule has 0 radical (unpaired) electrons. The van der Waals surface area contributed by atoms with Crippen molar-refractivity contribution in [1.82, 2.24) is 0 Å². The first kappa shape index (κ1) is 86.1. The molecule has 0 spiro atoms. The lowest BCUT2D eigenvalue weighted by molar-refractivity contribution is -0.161. The van der Waals surface area contributed by atoms with Gasteiger partial charge in [-0.25, -0.2) is 9.13 Å². The Labute approximate surface area is 537 Å². The van der Waals surface area contributed by atoms with E-state index in [0.717, 1.165) is 108 Å². The van der Waals surface area contributed by atoms with Gasteiger partial charge < -0.3 is 33.8 Å². The molecule has 0 amide bonds. The second kappa shape index (κ2) is 61.3. The molecular formula is C69H134O17P2. The normalized spacial score (nSPS) is 14.5. The molecule has 0 rings (SSSR count). The van der Waals surface area contributed by atoms with Gasteiger partial charge in [-0.2, -0.15) is 0 Å². The highest BCUT2D eigenvalue weighted by Crippen LogP contribution is 2.45. The maximum Gasteiger partial charge on any atom is 0.472 e. The molecule has 3 unspecified atom stereocenters. The van der Waals surface area contributed by atoms with Crippen molar-refractivity contribution in [2.75, 3.05) is 39.6 Å². The predicted molar refractivity (Wildman–Crippen MR) is 354 cm³/mol. The highest BCUT2D eigenvalue weighted by molar-refractivity contribution is 7.47. The number of aliphatic hydroxyl groups excluding tert-OH is 1. The molecule has 17 nitrogen and oxygen atoms in total. The summed E-state index contributed by atoms with van der Waals surface area (Å²) in [6.45, 7) is 9.55. The smallest absolute Gasteiger partial charge is 0.462 e. The van der Waals surface area contributed by atoms with Gasteiger partial charge in [-0.1, -0.05) is 298 Å². The van der Waals surface area contributed by atoms with E-state index in [-0.39, 0.29) is 25.7 Å². The molecule has 6 atom stereocenters. The number of hydrogen-bond acceptors (Lipinski definition) is 15. The Balaban J connectivity index is 5.24. The van der Waals surface area contributed by atoms with Crippen molar-refractivity contribution < 1.29 is 80.2 Å². The first-order chi connectivity index (χ1) is 42.4. The third-order valence-electron chi connectivity index (χ3n) is 16.3. The van der Waals surface area contributed by atoms with E-state index < -0.39 is 97.5 Å². The van der Waals surface area contributed by atoms with Crippen molar-refractivity contribution in [3.05, 3.63) is 0 Å². The summed E-state index contributed by atoms with van der Waals surface area (Å²) in [6, 6.07) is 0. The Bertz CT molecular complexity index is 1720. The summed E-state index contributed by atoms with van der Waals surface area (Å²) in [4.78, 5) is 72.4. The van der Waals surface area contributed by atoms with Gasteiger partial charge in [0.15, 0.2) is 12.2 Å². The van der Waals surface area contributed by atoms with Crippen LogP contribution in [0.2, 0.25) is 0 Å². The van der Waals surface area contributed by atoms with Gasteiger partial charge in [-0.3, -0.25) is 37.3 Å². The average molecular weight is 1300 g/mol. The molecule has 0 aliphatic heterocycles. The fourth-order valence-corrected chi connectivity index (χ4v) is 12.0. The zero-order chi connectivity index (χ0) is 65.0. The fraction of sp³-hybridized carbons (Fsp3) is 0.942. The molecule has 522 valence electrons. The first-order valence-electron chi connectivity index (χ1n) is 36.0. The topological polar surface area (TPSA) is 237 Å². The predicted octanol–water partition coefficient (Wildman–Crippen LogP) is 19.6. The van der Waals surface area contributed by atoms with Gasteiger partial charge in [0, 0.05) is 25.7 Å². The molecule has 0 bridgehead atoms. The summed E-state index contributed by atoms with van der Waals surface area (Å²) >= 11 is 0. The monoisotopic (exact) mass is 1300 g/mol. The van der Waals surface area contributed by atoms with Crippen LogP contribution in [0.15, 0.2) is 0 Å². The number of phosphoric ester groups is 2. The van der Waals surface area contributed by atoms with Crippen molar-refractivity contribution in [1.29, 1.82) is 0 Å². The number of phosphoric acid groups is 2. The Morgan fingerprint density at radius 3 is 0.864 bits per heavy atom.